The average Bonchev–Trinajstić information content (AvgIpc) is 2.96. The Morgan fingerprint density at radius 1 is 1.41 bits per heavy atom. The summed E-state index contributed by atoms with van der Waals surface area (Å²) in [5.74, 6) is -1.93. The van der Waals surface area contributed by atoms with Gasteiger partial charge in [-0.15, -0.1) is 11.3 Å². The number of carbonyl (C=O) groups excluding carboxylic acids is 1. The molecule has 10 heteroatoms. The van der Waals surface area contributed by atoms with Crippen LogP contribution < -0.4 is 14.8 Å². The fraction of sp³-hybridized carbons (Fsp3) is 0.211. The summed E-state index contributed by atoms with van der Waals surface area (Å²) >= 11 is 0.683. The molecule has 0 saturated heterocycles. The van der Waals surface area contributed by atoms with Gasteiger partial charge in [-0.2, -0.15) is 18.4 Å². The first-order chi connectivity index (χ1) is 13.6. The number of ether oxygens (including phenoxy) is 1. The van der Waals surface area contributed by atoms with Gasteiger partial charge >= 0.3 is 12.1 Å². The third-order valence-corrected chi connectivity index (χ3v) is 4.83. The number of hydrogen-bond donors (Lipinski definition) is 0. The molecular weight excluding hydrogens is 412 g/mol. The summed E-state index contributed by atoms with van der Waals surface area (Å²) in [6.45, 7) is 4.88. The Balaban J connectivity index is 2.77. The third-order valence-electron chi connectivity index (χ3n) is 3.70. The van der Waals surface area contributed by atoms with E-state index in [-0.39, 0.29) is 22.3 Å². The van der Waals surface area contributed by atoms with E-state index in [4.69, 9.17) is 4.74 Å². The Morgan fingerprint density at radius 3 is 2.66 bits per heavy atom. The lowest BCUT2D eigenvalue weighted by Gasteiger charge is -2.07. The van der Waals surface area contributed by atoms with Gasteiger partial charge in [-0.1, -0.05) is 12.7 Å². The Bertz CT molecular complexity index is 1170. The van der Waals surface area contributed by atoms with Crippen molar-refractivity contribution in [3.05, 3.63) is 67.3 Å². The van der Waals surface area contributed by atoms with Gasteiger partial charge in [0.1, 0.15) is 23.2 Å². The number of aromatic nitrogens is 1. The molecule has 2 rings (SSSR count). The van der Waals surface area contributed by atoms with Crippen LogP contribution in [0, 0.1) is 17.1 Å². The molecule has 0 radical (unpaired) electrons. The van der Waals surface area contributed by atoms with Gasteiger partial charge in [-0.3, -0.25) is 9.36 Å². The summed E-state index contributed by atoms with van der Waals surface area (Å²) in [6, 6.07) is 3.49. The van der Waals surface area contributed by atoms with Gasteiger partial charge in [0.05, 0.1) is 10.1 Å². The third kappa shape index (κ3) is 4.81. The highest BCUT2D eigenvalue weighted by molar-refractivity contribution is 7.07. The van der Waals surface area contributed by atoms with E-state index in [1.807, 2.05) is 0 Å². The number of esters is 1. The van der Waals surface area contributed by atoms with Crippen molar-refractivity contribution in [2.45, 2.75) is 19.6 Å². The molecule has 0 saturated carbocycles. The highest BCUT2D eigenvalue weighted by Gasteiger charge is 2.31. The van der Waals surface area contributed by atoms with Gasteiger partial charge in [0.2, 0.25) is 0 Å². The zero-order valence-corrected chi connectivity index (χ0v) is 15.9. The first-order valence-electron chi connectivity index (χ1n) is 8.14. The second-order valence-corrected chi connectivity index (χ2v) is 6.60. The van der Waals surface area contributed by atoms with E-state index < -0.39 is 40.2 Å². The minimum atomic E-state index is -4.68. The maximum absolute atomic E-state index is 14.0. The molecular formula is C19H14F4N2O3S. The van der Waals surface area contributed by atoms with Gasteiger partial charge in [0.25, 0.3) is 5.56 Å². The first-order valence-corrected chi connectivity index (χ1v) is 8.96. The second kappa shape index (κ2) is 8.87. The van der Waals surface area contributed by atoms with Crippen molar-refractivity contribution >= 4 is 29.0 Å². The number of alkyl halides is 3. The van der Waals surface area contributed by atoms with Gasteiger partial charge in [0.15, 0.2) is 5.57 Å². The van der Waals surface area contributed by atoms with Crippen LogP contribution in [0.15, 0.2) is 35.6 Å². The number of carbonyl (C=O) groups is 1. The molecule has 0 spiro atoms. The van der Waals surface area contributed by atoms with Gasteiger partial charge < -0.3 is 4.74 Å². The van der Waals surface area contributed by atoms with Crippen molar-refractivity contribution < 1.29 is 27.1 Å². The van der Waals surface area contributed by atoms with E-state index in [0.717, 1.165) is 10.6 Å². The van der Waals surface area contributed by atoms with E-state index in [1.165, 1.54) is 6.08 Å². The number of rotatable bonds is 5. The first kappa shape index (κ1) is 22.1. The summed E-state index contributed by atoms with van der Waals surface area (Å²) in [7, 11) is 0. The van der Waals surface area contributed by atoms with Crippen LogP contribution in [0.25, 0.3) is 11.6 Å². The lowest BCUT2D eigenvalue weighted by Crippen LogP contribution is -2.32. The molecule has 0 unspecified atom stereocenters. The molecule has 0 bridgehead atoms. The van der Waals surface area contributed by atoms with Crippen LogP contribution >= 0.6 is 11.3 Å². The van der Waals surface area contributed by atoms with Crippen LogP contribution in [-0.2, 0) is 22.3 Å². The van der Waals surface area contributed by atoms with Crippen molar-refractivity contribution in [3.8, 4) is 6.07 Å². The fourth-order valence-corrected chi connectivity index (χ4v) is 3.50. The predicted octanol–water partition coefficient (Wildman–Crippen LogP) is 2.32. The van der Waals surface area contributed by atoms with Crippen molar-refractivity contribution in [3.63, 3.8) is 0 Å². The highest BCUT2D eigenvalue weighted by Crippen LogP contribution is 2.30. The van der Waals surface area contributed by atoms with Crippen LogP contribution in [0.1, 0.15) is 18.1 Å². The van der Waals surface area contributed by atoms with Crippen LogP contribution in [0.5, 0.6) is 0 Å². The smallest absolute Gasteiger partial charge is 0.416 e. The average molecular weight is 426 g/mol. The van der Waals surface area contributed by atoms with Crippen LogP contribution in [-0.4, -0.2) is 17.1 Å². The number of nitrogens with zero attached hydrogens (tertiary/aromatic N) is 2. The molecule has 152 valence electrons. The van der Waals surface area contributed by atoms with Gasteiger partial charge in [0, 0.05) is 12.1 Å². The number of hydrogen-bond acceptors (Lipinski definition) is 5. The maximum atomic E-state index is 14.0. The minimum Gasteiger partial charge on any atom is -0.457 e. The minimum absolute atomic E-state index is 0.0345. The number of thiazole rings is 1. The summed E-state index contributed by atoms with van der Waals surface area (Å²) in [5.41, 5.74) is -2.63. The van der Waals surface area contributed by atoms with Gasteiger partial charge in [-0.05, 0) is 31.2 Å². The molecule has 1 aromatic heterocycles. The van der Waals surface area contributed by atoms with E-state index >= 15 is 0 Å². The Morgan fingerprint density at radius 2 is 2.10 bits per heavy atom. The number of nitriles is 1. The van der Waals surface area contributed by atoms with Crippen molar-refractivity contribution in [2.75, 3.05) is 6.61 Å². The topological polar surface area (TPSA) is 72.1 Å². The molecule has 0 N–H and O–H groups in total. The van der Waals surface area contributed by atoms with Crippen molar-refractivity contribution in [1.29, 1.82) is 5.26 Å². The van der Waals surface area contributed by atoms with Crippen molar-refractivity contribution in [2.24, 2.45) is 0 Å². The number of halogens is 4. The molecule has 0 aliphatic rings. The van der Waals surface area contributed by atoms with E-state index in [1.54, 1.807) is 13.0 Å². The summed E-state index contributed by atoms with van der Waals surface area (Å²) in [5, 5.41) is 9.31. The molecule has 2 aromatic rings. The monoisotopic (exact) mass is 426 g/mol. The Labute approximate surface area is 166 Å². The molecule has 1 aromatic carbocycles. The molecule has 0 atom stereocenters. The highest BCUT2D eigenvalue weighted by atomic mass is 32.1. The Kier molecular flexibility index (Phi) is 6.76. The molecule has 0 aliphatic heterocycles. The zero-order chi connectivity index (χ0) is 21.8. The summed E-state index contributed by atoms with van der Waals surface area (Å²) < 4.78 is 58.4. The predicted molar refractivity (Wildman–Crippen MR) is 98.6 cm³/mol. The number of benzene rings is 1. The van der Waals surface area contributed by atoms with Gasteiger partial charge in [-0.25, -0.2) is 9.18 Å². The van der Waals surface area contributed by atoms with E-state index in [0.29, 0.717) is 29.5 Å². The van der Waals surface area contributed by atoms with Crippen LogP contribution in [0.4, 0.5) is 17.6 Å². The lowest BCUT2D eigenvalue weighted by molar-refractivity contribution is -0.137. The summed E-state index contributed by atoms with van der Waals surface area (Å²) in [6.07, 6.45) is -2.43. The standard InChI is InChI=1S/C19H14F4N2O3S/c1-3-7-28-18(27)13(10-24)17-25(4-2)16(26)15(29-17)9-11-8-12(19(21,22)23)5-6-14(11)20/h3,5-6,8-9H,1,4,7H2,2H3/b15-9?,17-13-. The van der Waals surface area contributed by atoms with Crippen LogP contribution in [0.2, 0.25) is 0 Å². The van der Waals surface area contributed by atoms with E-state index in [2.05, 4.69) is 6.58 Å². The maximum Gasteiger partial charge on any atom is 0.416 e. The fourth-order valence-electron chi connectivity index (χ4n) is 2.35. The molecule has 5 nitrogen and oxygen atoms in total. The zero-order valence-electron chi connectivity index (χ0n) is 15.0. The molecule has 0 aliphatic carbocycles. The Hall–Kier alpha value is -3.19. The summed E-state index contributed by atoms with van der Waals surface area (Å²) in [4.78, 5) is 24.6. The molecule has 29 heavy (non-hydrogen) atoms. The molecule has 0 amide bonds. The molecule has 1 heterocycles. The quantitative estimate of drug-likeness (QED) is 0.418. The molecule has 0 fully saturated rings. The van der Waals surface area contributed by atoms with Crippen molar-refractivity contribution in [1.82, 2.24) is 4.57 Å². The van der Waals surface area contributed by atoms with E-state index in [9.17, 15) is 32.4 Å². The van der Waals surface area contributed by atoms with Crippen LogP contribution in [0.3, 0.4) is 0 Å². The largest absolute Gasteiger partial charge is 0.457 e. The second-order valence-electron chi connectivity index (χ2n) is 5.57. The SMILES string of the molecule is C=CCOC(=O)/C(C#N)=c1\sc(=Cc2cc(C(F)(F)F)ccc2F)c(=O)n1CC. The lowest BCUT2D eigenvalue weighted by atomic mass is 10.1. The normalized spacial score (nSPS) is 13.0.